The Balaban J connectivity index is 1.65. The zero-order chi connectivity index (χ0) is 22.5. The maximum atomic E-state index is 13.8. The molecule has 0 bridgehead atoms. The summed E-state index contributed by atoms with van der Waals surface area (Å²) in [5.41, 5.74) is 5.09. The lowest BCUT2D eigenvalue weighted by Crippen LogP contribution is -2.19. The van der Waals surface area contributed by atoms with Crippen molar-refractivity contribution in [3.05, 3.63) is 59.7 Å². The second-order valence-corrected chi connectivity index (χ2v) is 8.92. The van der Waals surface area contributed by atoms with E-state index in [0.717, 1.165) is 51.6 Å². The summed E-state index contributed by atoms with van der Waals surface area (Å²) < 4.78 is 27.3. The molecular weight excluding hydrogens is 425 g/mol. The van der Waals surface area contributed by atoms with Gasteiger partial charge in [0.05, 0.1) is 23.8 Å². The van der Waals surface area contributed by atoms with Gasteiger partial charge in [-0.15, -0.1) is 0 Å². The fourth-order valence-electron chi connectivity index (χ4n) is 5.44. The summed E-state index contributed by atoms with van der Waals surface area (Å²) in [6.07, 6.45) is 3.16. The van der Waals surface area contributed by atoms with Crippen molar-refractivity contribution in [3.8, 4) is 5.69 Å². The molecule has 2 aromatic heterocycles. The van der Waals surface area contributed by atoms with Crippen LogP contribution in [0.5, 0.6) is 0 Å². The van der Waals surface area contributed by atoms with Crippen LogP contribution in [-0.4, -0.2) is 51.8 Å². The number of ether oxygens (including phenoxy) is 2. The number of carboxylic acids is 1. The predicted molar refractivity (Wildman–Crippen MR) is 120 cm³/mol. The molecule has 1 unspecified atom stereocenters. The van der Waals surface area contributed by atoms with Crippen LogP contribution in [0.3, 0.4) is 0 Å². The molecule has 0 saturated carbocycles. The number of nitrogens with one attached hydrogen (secondary N) is 1. The summed E-state index contributed by atoms with van der Waals surface area (Å²) in [4.78, 5) is 11.6. The van der Waals surface area contributed by atoms with E-state index in [4.69, 9.17) is 9.47 Å². The Morgan fingerprint density at radius 3 is 2.67 bits per heavy atom. The first-order valence-corrected chi connectivity index (χ1v) is 11.3. The van der Waals surface area contributed by atoms with E-state index in [1.807, 2.05) is 0 Å². The Hall–Kier alpha value is -3.23. The Bertz CT molecular complexity index is 1340. The number of halogens is 1. The van der Waals surface area contributed by atoms with E-state index < -0.39 is 12.1 Å². The summed E-state index contributed by atoms with van der Waals surface area (Å²) in [5, 5.41) is 18.8. The highest BCUT2D eigenvalue weighted by molar-refractivity contribution is 5.99. The van der Waals surface area contributed by atoms with Gasteiger partial charge in [-0.2, -0.15) is 5.10 Å². The molecule has 2 N–H and O–H groups in total. The molecule has 2 aromatic carbocycles. The van der Waals surface area contributed by atoms with Gasteiger partial charge in [-0.25, -0.2) is 9.18 Å². The number of H-pyrrole nitrogens is 1. The van der Waals surface area contributed by atoms with Crippen molar-refractivity contribution in [2.45, 2.75) is 37.2 Å². The fourth-order valence-corrected chi connectivity index (χ4v) is 5.44. The van der Waals surface area contributed by atoms with E-state index in [9.17, 15) is 14.3 Å². The summed E-state index contributed by atoms with van der Waals surface area (Å²) in [6, 6.07) is 10.8. The number of carboxylic acid groups (broad SMARTS) is 1. The summed E-state index contributed by atoms with van der Waals surface area (Å²) in [7, 11) is 0. The Morgan fingerprint density at radius 2 is 1.94 bits per heavy atom. The average molecular weight is 449 g/mol. The molecule has 8 heteroatoms. The highest BCUT2D eigenvalue weighted by Crippen LogP contribution is 2.45. The van der Waals surface area contributed by atoms with Gasteiger partial charge in [0.25, 0.3) is 0 Å². The van der Waals surface area contributed by atoms with Gasteiger partial charge >= 0.3 is 5.97 Å². The number of aliphatic carboxylic acids is 1. The van der Waals surface area contributed by atoms with E-state index in [-0.39, 0.29) is 17.7 Å². The van der Waals surface area contributed by atoms with Gasteiger partial charge in [-0.3, -0.25) is 5.10 Å². The second-order valence-electron chi connectivity index (χ2n) is 8.92. The number of rotatable bonds is 4. The van der Waals surface area contributed by atoms with Crippen LogP contribution in [-0.2, 0) is 14.3 Å². The third-order valence-electron chi connectivity index (χ3n) is 6.98. The molecule has 7 nitrogen and oxygen atoms in total. The van der Waals surface area contributed by atoms with Crippen LogP contribution >= 0.6 is 0 Å². The van der Waals surface area contributed by atoms with E-state index in [2.05, 4.69) is 26.9 Å². The lowest BCUT2D eigenvalue weighted by molar-refractivity contribution is -0.147. The molecule has 0 amide bonds. The molecule has 2 saturated heterocycles. The fraction of sp³-hybridized carbons (Fsp3) is 0.360. The van der Waals surface area contributed by atoms with Crippen molar-refractivity contribution in [1.29, 1.82) is 0 Å². The topological polar surface area (TPSA) is 89.4 Å². The number of aromatic nitrogens is 3. The van der Waals surface area contributed by atoms with Gasteiger partial charge in [0.15, 0.2) is 6.10 Å². The molecule has 2 atom stereocenters. The van der Waals surface area contributed by atoms with Gasteiger partial charge in [-0.05, 0) is 61.2 Å². The van der Waals surface area contributed by atoms with Crippen molar-refractivity contribution in [2.24, 2.45) is 0 Å². The zero-order valence-electron chi connectivity index (χ0n) is 18.0. The average Bonchev–Trinajstić information content (AvgIpc) is 3.55. The van der Waals surface area contributed by atoms with Gasteiger partial charge < -0.3 is 19.1 Å². The Labute approximate surface area is 189 Å². The minimum atomic E-state index is -0.927. The van der Waals surface area contributed by atoms with E-state index in [1.165, 1.54) is 12.1 Å². The third-order valence-corrected chi connectivity index (χ3v) is 6.98. The first-order chi connectivity index (χ1) is 16.1. The molecular formula is C25H24FN3O4. The van der Waals surface area contributed by atoms with Crippen LogP contribution in [0, 0.1) is 5.82 Å². The number of nitrogens with zero attached hydrogens (tertiary/aromatic N) is 2. The number of carbonyl (C=O) groups is 1. The highest BCUT2D eigenvalue weighted by Gasteiger charge is 2.37. The lowest BCUT2D eigenvalue weighted by Gasteiger charge is -2.26. The molecule has 0 radical (unpaired) electrons. The third kappa shape index (κ3) is 3.41. The molecule has 33 heavy (non-hydrogen) atoms. The standard InChI is InChI=1S/C25H24FN3O4/c26-17-1-3-18(4-2-17)29-21-9-15-12-27-28-20(15)11-19(21)23(16-10-22(25(30)31)33-13-16)24(29)14-5-7-32-8-6-14/h1-4,9,11-12,14,16,22H,5-8,10,13H2,(H,27,28)(H,30,31)/t16?,22-/m0/s1. The predicted octanol–water partition coefficient (Wildman–Crippen LogP) is 4.50. The van der Waals surface area contributed by atoms with Gasteiger partial charge in [0.1, 0.15) is 5.82 Å². The maximum absolute atomic E-state index is 13.8. The number of aromatic amines is 1. The van der Waals surface area contributed by atoms with E-state index in [0.29, 0.717) is 26.2 Å². The van der Waals surface area contributed by atoms with Crippen molar-refractivity contribution < 1.29 is 23.8 Å². The minimum absolute atomic E-state index is 0.0477. The molecule has 4 heterocycles. The first kappa shape index (κ1) is 20.4. The van der Waals surface area contributed by atoms with Crippen LogP contribution in [0.2, 0.25) is 0 Å². The molecule has 170 valence electrons. The van der Waals surface area contributed by atoms with Crippen LogP contribution in [0.4, 0.5) is 4.39 Å². The molecule has 4 aromatic rings. The number of benzene rings is 2. The zero-order valence-corrected chi connectivity index (χ0v) is 18.0. The first-order valence-electron chi connectivity index (χ1n) is 11.3. The van der Waals surface area contributed by atoms with Crippen LogP contribution in [0.1, 0.15) is 42.4 Å². The summed E-state index contributed by atoms with van der Waals surface area (Å²) in [5.74, 6) is -1.02. The molecule has 0 aliphatic carbocycles. The van der Waals surface area contributed by atoms with E-state index in [1.54, 1.807) is 18.3 Å². The molecule has 2 aliphatic rings. The van der Waals surface area contributed by atoms with Crippen LogP contribution < -0.4 is 0 Å². The van der Waals surface area contributed by atoms with Crippen molar-refractivity contribution >= 4 is 27.8 Å². The van der Waals surface area contributed by atoms with Gasteiger partial charge in [-0.1, -0.05) is 0 Å². The van der Waals surface area contributed by atoms with Crippen LogP contribution in [0.25, 0.3) is 27.5 Å². The highest BCUT2D eigenvalue weighted by atomic mass is 19.1. The van der Waals surface area contributed by atoms with Crippen LogP contribution in [0.15, 0.2) is 42.6 Å². The summed E-state index contributed by atoms with van der Waals surface area (Å²) in [6.45, 7) is 1.72. The largest absolute Gasteiger partial charge is 0.479 e. The quantitative estimate of drug-likeness (QED) is 0.479. The van der Waals surface area contributed by atoms with Crippen molar-refractivity contribution in [1.82, 2.24) is 14.8 Å². The normalized spacial score (nSPS) is 21.8. The Morgan fingerprint density at radius 1 is 1.15 bits per heavy atom. The number of fused-ring (bicyclic) bond motifs is 2. The van der Waals surface area contributed by atoms with Gasteiger partial charge in [0.2, 0.25) is 0 Å². The maximum Gasteiger partial charge on any atom is 0.332 e. The lowest BCUT2D eigenvalue weighted by atomic mass is 9.86. The van der Waals surface area contributed by atoms with E-state index >= 15 is 0 Å². The SMILES string of the molecule is O=C(O)[C@@H]1CC(c2c(C3CCOCC3)n(-c3ccc(F)cc3)c3cc4cn[nH]c4cc23)CO1. The van der Waals surface area contributed by atoms with Crippen molar-refractivity contribution in [3.63, 3.8) is 0 Å². The number of hydrogen-bond donors (Lipinski definition) is 2. The summed E-state index contributed by atoms with van der Waals surface area (Å²) >= 11 is 0. The molecule has 2 fully saturated rings. The second kappa shape index (κ2) is 7.97. The minimum Gasteiger partial charge on any atom is -0.479 e. The molecule has 2 aliphatic heterocycles. The monoisotopic (exact) mass is 449 g/mol. The Kier molecular flexibility index (Phi) is 4.92. The molecule has 0 spiro atoms. The smallest absolute Gasteiger partial charge is 0.332 e. The van der Waals surface area contributed by atoms with Gasteiger partial charge in [0, 0.05) is 47.2 Å². The molecule has 6 rings (SSSR count). The van der Waals surface area contributed by atoms with Crippen molar-refractivity contribution in [2.75, 3.05) is 19.8 Å². The number of hydrogen-bond acceptors (Lipinski definition) is 4.